The Labute approximate surface area is 90.5 Å². The van der Waals surface area contributed by atoms with E-state index in [-0.39, 0.29) is 11.8 Å². The Morgan fingerprint density at radius 1 is 1.40 bits per heavy atom. The monoisotopic (exact) mass is 209 g/mol. The Hall–Kier alpha value is -0.900. The zero-order valence-electron chi connectivity index (χ0n) is 9.28. The highest BCUT2D eigenvalue weighted by atomic mass is 16.2. The molecule has 1 saturated carbocycles. The minimum Gasteiger partial charge on any atom is -0.329 e. The third-order valence-corrected chi connectivity index (χ3v) is 3.45. The van der Waals surface area contributed by atoms with Crippen molar-refractivity contribution in [2.24, 2.45) is 16.8 Å². The van der Waals surface area contributed by atoms with Crippen LogP contribution in [0, 0.1) is 5.92 Å². The second-order valence-corrected chi connectivity index (χ2v) is 4.50. The molecule has 0 aromatic heterocycles. The summed E-state index contributed by atoms with van der Waals surface area (Å²) < 4.78 is 0. The van der Waals surface area contributed by atoms with Crippen LogP contribution in [0.25, 0.3) is 0 Å². The van der Waals surface area contributed by atoms with Crippen LogP contribution < -0.4 is 5.73 Å². The van der Waals surface area contributed by atoms with E-state index in [1.54, 1.807) is 5.01 Å². The van der Waals surface area contributed by atoms with Crippen LogP contribution in [0.4, 0.5) is 0 Å². The molecule has 0 spiro atoms. The van der Waals surface area contributed by atoms with Crippen LogP contribution in [-0.4, -0.2) is 29.2 Å². The molecule has 4 nitrogen and oxygen atoms in total. The smallest absolute Gasteiger partial charge is 0.253 e. The van der Waals surface area contributed by atoms with E-state index in [4.69, 9.17) is 5.73 Å². The average molecular weight is 209 g/mol. The van der Waals surface area contributed by atoms with E-state index in [0.717, 1.165) is 18.6 Å². The summed E-state index contributed by atoms with van der Waals surface area (Å²) in [4.78, 5) is 12.0. The highest BCUT2D eigenvalue weighted by molar-refractivity contribution is 6.07. The third kappa shape index (κ3) is 1.91. The van der Waals surface area contributed by atoms with Crippen molar-refractivity contribution in [3.63, 3.8) is 0 Å². The first-order valence-corrected chi connectivity index (χ1v) is 5.82. The first-order chi connectivity index (χ1) is 7.24. The first-order valence-electron chi connectivity index (χ1n) is 5.82. The van der Waals surface area contributed by atoms with Gasteiger partial charge in [0.2, 0.25) is 0 Å². The summed E-state index contributed by atoms with van der Waals surface area (Å²) in [7, 11) is 0. The van der Waals surface area contributed by atoms with Crippen molar-refractivity contribution in [2.45, 2.75) is 45.1 Å². The van der Waals surface area contributed by atoms with E-state index in [9.17, 15) is 4.79 Å². The van der Waals surface area contributed by atoms with Crippen LogP contribution >= 0.6 is 0 Å². The standard InChI is InChI=1S/C11H19N3O/c1-8-10(7-12)11(15)14(13-8)9-5-3-2-4-6-9/h9-10H,2-7,12H2,1H3. The Kier molecular flexibility index (Phi) is 3.05. The molecule has 1 unspecified atom stereocenters. The number of nitrogens with two attached hydrogens (primary N) is 1. The van der Waals surface area contributed by atoms with Crippen molar-refractivity contribution < 1.29 is 4.79 Å². The van der Waals surface area contributed by atoms with Crippen LogP contribution in [0.3, 0.4) is 0 Å². The molecular weight excluding hydrogens is 190 g/mol. The maximum Gasteiger partial charge on any atom is 0.253 e. The fourth-order valence-electron chi connectivity index (χ4n) is 2.49. The van der Waals surface area contributed by atoms with Gasteiger partial charge in [0, 0.05) is 12.3 Å². The molecule has 2 rings (SSSR count). The number of rotatable bonds is 2. The SMILES string of the molecule is CC1=NN(C2CCCCC2)C(=O)C1CN. The molecule has 1 aliphatic carbocycles. The van der Waals surface area contributed by atoms with E-state index in [2.05, 4.69) is 5.10 Å². The molecule has 15 heavy (non-hydrogen) atoms. The molecule has 2 aliphatic rings. The molecule has 1 fully saturated rings. The van der Waals surface area contributed by atoms with Gasteiger partial charge in [-0.3, -0.25) is 4.79 Å². The van der Waals surface area contributed by atoms with Gasteiger partial charge in [0.25, 0.3) is 5.91 Å². The number of carbonyl (C=O) groups is 1. The molecule has 0 aromatic carbocycles. The van der Waals surface area contributed by atoms with E-state index >= 15 is 0 Å². The Morgan fingerprint density at radius 2 is 2.07 bits per heavy atom. The average Bonchev–Trinajstić information content (AvgIpc) is 2.55. The lowest BCUT2D eigenvalue weighted by Crippen LogP contribution is -2.39. The fraction of sp³-hybridized carbons (Fsp3) is 0.818. The summed E-state index contributed by atoms with van der Waals surface area (Å²) in [6, 6.07) is 0.331. The number of hydrogen-bond acceptors (Lipinski definition) is 3. The minimum absolute atomic E-state index is 0.113. The number of nitrogens with zero attached hydrogens (tertiary/aromatic N) is 2. The van der Waals surface area contributed by atoms with E-state index < -0.39 is 0 Å². The van der Waals surface area contributed by atoms with Gasteiger partial charge in [0.05, 0.1) is 12.0 Å². The van der Waals surface area contributed by atoms with Crippen molar-refractivity contribution in [3.8, 4) is 0 Å². The molecule has 2 N–H and O–H groups in total. The molecule has 0 saturated heterocycles. The maximum atomic E-state index is 12.0. The highest BCUT2D eigenvalue weighted by Gasteiger charge is 2.36. The highest BCUT2D eigenvalue weighted by Crippen LogP contribution is 2.27. The van der Waals surface area contributed by atoms with E-state index in [0.29, 0.717) is 12.6 Å². The number of amides is 1. The zero-order chi connectivity index (χ0) is 10.8. The second kappa shape index (κ2) is 4.31. The van der Waals surface area contributed by atoms with Gasteiger partial charge in [-0.15, -0.1) is 0 Å². The van der Waals surface area contributed by atoms with Gasteiger partial charge in [-0.25, -0.2) is 5.01 Å². The summed E-state index contributed by atoms with van der Waals surface area (Å²) in [5.74, 6) is -0.0474. The predicted molar refractivity (Wildman–Crippen MR) is 59.4 cm³/mol. The van der Waals surface area contributed by atoms with Crippen LogP contribution in [0.1, 0.15) is 39.0 Å². The Balaban J connectivity index is 2.07. The van der Waals surface area contributed by atoms with Crippen LogP contribution in [0.5, 0.6) is 0 Å². The van der Waals surface area contributed by atoms with Gasteiger partial charge in [-0.1, -0.05) is 19.3 Å². The largest absolute Gasteiger partial charge is 0.329 e. The van der Waals surface area contributed by atoms with Gasteiger partial charge >= 0.3 is 0 Å². The van der Waals surface area contributed by atoms with Gasteiger partial charge < -0.3 is 5.73 Å². The minimum atomic E-state index is -0.160. The third-order valence-electron chi connectivity index (χ3n) is 3.45. The van der Waals surface area contributed by atoms with Crippen molar-refractivity contribution >= 4 is 11.6 Å². The molecule has 1 heterocycles. The summed E-state index contributed by atoms with van der Waals surface area (Å²) in [6.45, 7) is 2.29. The van der Waals surface area contributed by atoms with Gasteiger partial charge in [-0.2, -0.15) is 5.10 Å². The Morgan fingerprint density at radius 3 is 2.60 bits per heavy atom. The zero-order valence-corrected chi connectivity index (χ0v) is 9.28. The lowest BCUT2D eigenvalue weighted by Gasteiger charge is -2.28. The second-order valence-electron chi connectivity index (χ2n) is 4.50. The van der Waals surface area contributed by atoms with Crippen LogP contribution in [-0.2, 0) is 4.79 Å². The first kappa shape index (κ1) is 10.6. The molecule has 0 radical (unpaired) electrons. The molecular formula is C11H19N3O. The predicted octanol–water partition coefficient (Wildman–Crippen LogP) is 1.11. The molecule has 0 bridgehead atoms. The normalized spacial score (nSPS) is 28.4. The van der Waals surface area contributed by atoms with Gasteiger partial charge in [0.1, 0.15) is 0 Å². The van der Waals surface area contributed by atoms with Gasteiger partial charge in [-0.05, 0) is 19.8 Å². The molecule has 4 heteroatoms. The fourth-order valence-corrected chi connectivity index (χ4v) is 2.49. The number of hydrazone groups is 1. The number of hydrogen-bond donors (Lipinski definition) is 1. The number of carbonyl (C=O) groups excluding carboxylic acids is 1. The lowest BCUT2D eigenvalue weighted by molar-refractivity contribution is -0.134. The molecule has 1 atom stereocenters. The van der Waals surface area contributed by atoms with Crippen molar-refractivity contribution in [1.82, 2.24) is 5.01 Å². The molecule has 1 amide bonds. The molecule has 1 aliphatic heterocycles. The summed E-state index contributed by atoms with van der Waals surface area (Å²) in [5.41, 5.74) is 6.46. The van der Waals surface area contributed by atoms with Crippen LogP contribution in [0.15, 0.2) is 5.10 Å². The molecule has 0 aromatic rings. The molecule has 84 valence electrons. The van der Waals surface area contributed by atoms with E-state index in [1.807, 2.05) is 6.92 Å². The topological polar surface area (TPSA) is 58.7 Å². The van der Waals surface area contributed by atoms with Crippen molar-refractivity contribution in [2.75, 3.05) is 6.54 Å². The quantitative estimate of drug-likeness (QED) is 0.740. The van der Waals surface area contributed by atoms with Crippen molar-refractivity contribution in [1.29, 1.82) is 0 Å². The van der Waals surface area contributed by atoms with Gasteiger partial charge in [0.15, 0.2) is 0 Å². The summed E-state index contributed by atoms with van der Waals surface area (Å²) in [5, 5.41) is 6.07. The Bertz CT molecular complexity index is 282. The van der Waals surface area contributed by atoms with Crippen molar-refractivity contribution in [3.05, 3.63) is 0 Å². The summed E-state index contributed by atoms with van der Waals surface area (Å²) in [6.07, 6.45) is 5.92. The maximum absolute atomic E-state index is 12.0. The summed E-state index contributed by atoms with van der Waals surface area (Å²) >= 11 is 0. The van der Waals surface area contributed by atoms with E-state index in [1.165, 1.54) is 19.3 Å². The lowest BCUT2D eigenvalue weighted by atomic mass is 9.94. The van der Waals surface area contributed by atoms with Crippen LogP contribution in [0.2, 0.25) is 0 Å².